The zero-order valence-electron chi connectivity index (χ0n) is 10.8. The maximum absolute atomic E-state index is 11.0. The Balaban J connectivity index is 2.63. The van der Waals surface area contributed by atoms with E-state index in [1.807, 2.05) is 36.4 Å². The summed E-state index contributed by atoms with van der Waals surface area (Å²) in [4.78, 5) is 11.0. The van der Waals surface area contributed by atoms with Crippen LogP contribution in [-0.4, -0.2) is 24.7 Å². The number of aliphatic carboxylic acids is 1. The molecule has 0 aromatic heterocycles. The molecule has 19 heavy (non-hydrogen) atoms. The molecule has 0 bridgehead atoms. The van der Waals surface area contributed by atoms with E-state index < -0.39 is 5.97 Å². The largest absolute Gasteiger partial charge is 0.496 e. The molecular formula is C15H17NO3. The highest BCUT2D eigenvalue weighted by molar-refractivity contribution is 5.89. The molecule has 3 N–H and O–H groups in total. The second-order valence-electron chi connectivity index (χ2n) is 4.43. The van der Waals surface area contributed by atoms with Gasteiger partial charge in [0.05, 0.1) is 13.5 Å². The molecule has 4 nitrogen and oxygen atoms in total. The molecule has 0 heterocycles. The lowest BCUT2D eigenvalue weighted by Gasteiger charge is -2.19. The SMILES string of the molecule is COc1ccc2ccccc2c1C(CN)CC(=O)O. The number of hydrogen-bond acceptors (Lipinski definition) is 3. The summed E-state index contributed by atoms with van der Waals surface area (Å²) in [6, 6.07) is 11.7. The minimum Gasteiger partial charge on any atom is -0.496 e. The van der Waals surface area contributed by atoms with E-state index in [9.17, 15) is 4.79 Å². The minimum absolute atomic E-state index is 0.000861. The van der Waals surface area contributed by atoms with Gasteiger partial charge in [0.25, 0.3) is 0 Å². The molecule has 0 fully saturated rings. The fraction of sp³-hybridized carbons (Fsp3) is 0.267. The van der Waals surface area contributed by atoms with E-state index in [2.05, 4.69) is 0 Å². The molecule has 0 aliphatic heterocycles. The second-order valence-corrected chi connectivity index (χ2v) is 4.43. The van der Waals surface area contributed by atoms with Gasteiger partial charge in [-0.05, 0) is 23.4 Å². The molecule has 100 valence electrons. The molecule has 0 spiro atoms. The molecule has 0 saturated heterocycles. The average Bonchev–Trinajstić information content (AvgIpc) is 2.43. The number of methoxy groups -OCH3 is 1. The molecule has 0 aliphatic carbocycles. The first-order chi connectivity index (χ1) is 9.17. The number of carboxylic acid groups (broad SMARTS) is 1. The Morgan fingerprint density at radius 3 is 2.68 bits per heavy atom. The third kappa shape index (κ3) is 2.69. The molecule has 2 rings (SSSR count). The summed E-state index contributed by atoms with van der Waals surface area (Å²) in [6.07, 6.45) is 0.000861. The lowest BCUT2D eigenvalue weighted by Crippen LogP contribution is -2.17. The third-order valence-electron chi connectivity index (χ3n) is 3.26. The highest BCUT2D eigenvalue weighted by Crippen LogP contribution is 2.35. The lowest BCUT2D eigenvalue weighted by atomic mass is 9.90. The standard InChI is InChI=1S/C15H17NO3/c1-19-13-7-6-10-4-2-3-5-12(10)15(13)11(9-16)8-14(17)18/h2-7,11H,8-9,16H2,1H3,(H,17,18). The van der Waals surface area contributed by atoms with Crippen molar-refractivity contribution in [2.24, 2.45) is 5.73 Å². The van der Waals surface area contributed by atoms with Gasteiger partial charge >= 0.3 is 5.97 Å². The zero-order valence-corrected chi connectivity index (χ0v) is 10.8. The monoisotopic (exact) mass is 259 g/mol. The summed E-state index contributed by atoms with van der Waals surface area (Å²) in [5, 5.41) is 11.1. The summed E-state index contributed by atoms with van der Waals surface area (Å²) in [6.45, 7) is 0.274. The molecule has 2 aromatic rings. The number of benzene rings is 2. The Hall–Kier alpha value is -2.07. The number of ether oxygens (including phenoxy) is 1. The number of rotatable bonds is 5. The first kappa shape index (κ1) is 13.4. The summed E-state index contributed by atoms with van der Waals surface area (Å²) in [5.41, 5.74) is 6.63. The molecule has 0 saturated carbocycles. The Labute approximate surface area is 111 Å². The van der Waals surface area contributed by atoms with Crippen molar-refractivity contribution in [3.8, 4) is 5.75 Å². The highest BCUT2D eigenvalue weighted by atomic mass is 16.5. The molecule has 1 unspecified atom stereocenters. The van der Waals surface area contributed by atoms with Crippen molar-refractivity contribution in [3.05, 3.63) is 42.0 Å². The fourth-order valence-electron chi connectivity index (χ4n) is 2.39. The quantitative estimate of drug-likeness (QED) is 0.864. The third-order valence-corrected chi connectivity index (χ3v) is 3.26. The Kier molecular flexibility index (Phi) is 4.02. The zero-order chi connectivity index (χ0) is 13.8. The van der Waals surface area contributed by atoms with Crippen LogP contribution in [0.15, 0.2) is 36.4 Å². The fourth-order valence-corrected chi connectivity index (χ4v) is 2.39. The Morgan fingerprint density at radius 1 is 1.32 bits per heavy atom. The van der Waals surface area contributed by atoms with Crippen LogP contribution in [0.25, 0.3) is 10.8 Å². The predicted octanol–water partition coefficient (Wildman–Crippen LogP) is 2.37. The number of carboxylic acids is 1. The van der Waals surface area contributed by atoms with Crippen molar-refractivity contribution in [2.75, 3.05) is 13.7 Å². The molecule has 0 amide bonds. The average molecular weight is 259 g/mol. The molecule has 2 aromatic carbocycles. The summed E-state index contributed by atoms with van der Waals surface area (Å²) >= 11 is 0. The van der Waals surface area contributed by atoms with E-state index in [1.165, 1.54) is 0 Å². The molecule has 0 radical (unpaired) electrons. The van der Waals surface area contributed by atoms with Crippen LogP contribution in [0.4, 0.5) is 0 Å². The van der Waals surface area contributed by atoms with Crippen LogP contribution in [0.2, 0.25) is 0 Å². The minimum atomic E-state index is -0.856. The van der Waals surface area contributed by atoms with Crippen molar-refractivity contribution in [1.29, 1.82) is 0 Å². The topological polar surface area (TPSA) is 72.5 Å². The van der Waals surface area contributed by atoms with Crippen molar-refractivity contribution in [2.45, 2.75) is 12.3 Å². The molecule has 1 atom stereocenters. The lowest BCUT2D eigenvalue weighted by molar-refractivity contribution is -0.137. The van der Waals surface area contributed by atoms with E-state index in [1.54, 1.807) is 7.11 Å². The van der Waals surface area contributed by atoms with Crippen LogP contribution in [0.5, 0.6) is 5.75 Å². The molecular weight excluding hydrogens is 242 g/mol. The van der Waals surface area contributed by atoms with Gasteiger partial charge in [-0.15, -0.1) is 0 Å². The second kappa shape index (κ2) is 5.71. The summed E-state index contributed by atoms with van der Waals surface area (Å²) in [5.74, 6) is -0.417. The van der Waals surface area contributed by atoms with Crippen LogP contribution in [-0.2, 0) is 4.79 Å². The van der Waals surface area contributed by atoms with Crippen LogP contribution >= 0.6 is 0 Å². The van der Waals surface area contributed by atoms with E-state index in [0.717, 1.165) is 16.3 Å². The van der Waals surface area contributed by atoms with Crippen molar-refractivity contribution in [1.82, 2.24) is 0 Å². The highest BCUT2D eigenvalue weighted by Gasteiger charge is 2.20. The Morgan fingerprint density at radius 2 is 2.05 bits per heavy atom. The summed E-state index contributed by atoms with van der Waals surface area (Å²) < 4.78 is 5.37. The number of carbonyl (C=O) groups is 1. The number of hydrogen-bond donors (Lipinski definition) is 2. The van der Waals surface area contributed by atoms with Gasteiger partial charge in [0.15, 0.2) is 0 Å². The number of nitrogens with two attached hydrogens (primary N) is 1. The van der Waals surface area contributed by atoms with Crippen LogP contribution in [0.1, 0.15) is 17.9 Å². The van der Waals surface area contributed by atoms with Gasteiger partial charge in [0.1, 0.15) is 5.75 Å². The normalized spacial score (nSPS) is 12.3. The van der Waals surface area contributed by atoms with Gasteiger partial charge < -0.3 is 15.6 Å². The van der Waals surface area contributed by atoms with Crippen molar-refractivity contribution >= 4 is 16.7 Å². The van der Waals surface area contributed by atoms with Gasteiger partial charge in [0.2, 0.25) is 0 Å². The van der Waals surface area contributed by atoms with Gasteiger partial charge in [-0.1, -0.05) is 30.3 Å². The summed E-state index contributed by atoms with van der Waals surface area (Å²) in [7, 11) is 1.59. The van der Waals surface area contributed by atoms with E-state index in [0.29, 0.717) is 5.75 Å². The van der Waals surface area contributed by atoms with Gasteiger partial charge in [-0.2, -0.15) is 0 Å². The molecule has 0 aliphatic rings. The first-order valence-electron chi connectivity index (χ1n) is 6.15. The van der Waals surface area contributed by atoms with Crippen molar-refractivity contribution < 1.29 is 14.6 Å². The smallest absolute Gasteiger partial charge is 0.304 e. The first-order valence-corrected chi connectivity index (χ1v) is 6.15. The van der Waals surface area contributed by atoms with Crippen LogP contribution < -0.4 is 10.5 Å². The maximum atomic E-state index is 11.0. The molecule has 4 heteroatoms. The van der Waals surface area contributed by atoms with Crippen LogP contribution in [0, 0.1) is 0 Å². The van der Waals surface area contributed by atoms with Crippen LogP contribution in [0.3, 0.4) is 0 Å². The van der Waals surface area contributed by atoms with Gasteiger partial charge in [-0.3, -0.25) is 4.79 Å². The predicted molar refractivity (Wildman–Crippen MR) is 74.5 cm³/mol. The van der Waals surface area contributed by atoms with Gasteiger partial charge in [0, 0.05) is 11.5 Å². The maximum Gasteiger partial charge on any atom is 0.304 e. The van der Waals surface area contributed by atoms with E-state index in [4.69, 9.17) is 15.6 Å². The Bertz CT molecular complexity index is 595. The van der Waals surface area contributed by atoms with E-state index >= 15 is 0 Å². The van der Waals surface area contributed by atoms with E-state index in [-0.39, 0.29) is 18.9 Å². The van der Waals surface area contributed by atoms with Gasteiger partial charge in [-0.25, -0.2) is 0 Å². The number of fused-ring (bicyclic) bond motifs is 1. The van der Waals surface area contributed by atoms with Crippen molar-refractivity contribution in [3.63, 3.8) is 0 Å².